The summed E-state index contributed by atoms with van der Waals surface area (Å²) in [5, 5.41) is 3.01. The van der Waals surface area contributed by atoms with Crippen LogP contribution >= 0.6 is 23.5 Å². The quantitative estimate of drug-likeness (QED) is 0.863. The molecule has 1 saturated heterocycles. The van der Waals surface area contributed by atoms with Gasteiger partial charge in [0.1, 0.15) is 4.38 Å². The number of thioether (sulfide) groups is 2. The van der Waals surface area contributed by atoms with Gasteiger partial charge < -0.3 is 5.32 Å². The molecule has 1 fully saturated rings. The van der Waals surface area contributed by atoms with Gasteiger partial charge in [0.15, 0.2) is 0 Å². The van der Waals surface area contributed by atoms with Crippen LogP contribution in [0.5, 0.6) is 0 Å². The van der Waals surface area contributed by atoms with Crippen molar-refractivity contribution in [2.24, 2.45) is 4.99 Å². The highest BCUT2D eigenvalue weighted by Crippen LogP contribution is 2.36. The van der Waals surface area contributed by atoms with Gasteiger partial charge in [0.2, 0.25) is 5.91 Å². The van der Waals surface area contributed by atoms with Crippen molar-refractivity contribution in [2.45, 2.75) is 30.3 Å². The van der Waals surface area contributed by atoms with Crippen LogP contribution in [0.25, 0.3) is 0 Å². The molecule has 1 amide bonds. The maximum Gasteiger partial charge on any atom is 0.233 e. The summed E-state index contributed by atoms with van der Waals surface area (Å²) >= 11 is 3.37. The maximum absolute atomic E-state index is 11.9. The number of amides is 1. The number of hydrogen-bond acceptors (Lipinski definition) is 4. The highest BCUT2D eigenvalue weighted by atomic mass is 32.2. The normalized spacial score (nSPS) is 23.1. The summed E-state index contributed by atoms with van der Waals surface area (Å²) in [6.07, 6.45) is 3.16. The highest BCUT2D eigenvalue weighted by Gasteiger charge is 2.24. The van der Waals surface area contributed by atoms with Gasteiger partial charge >= 0.3 is 0 Å². The lowest BCUT2D eigenvalue weighted by molar-refractivity contribution is -0.120. The largest absolute Gasteiger partial charge is 0.355 e. The Kier molecular flexibility index (Phi) is 4.13. The summed E-state index contributed by atoms with van der Waals surface area (Å²) in [5.41, 5.74) is 2.33. The lowest BCUT2D eigenvalue weighted by Gasteiger charge is -2.18. The summed E-state index contributed by atoms with van der Waals surface area (Å²) in [6, 6.07) is 8.22. The highest BCUT2D eigenvalue weighted by molar-refractivity contribution is 8.39. The summed E-state index contributed by atoms with van der Waals surface area (Å²) in [6.45, 7) is 0.818. The fourth-order valence-electron chi connectivity index (χ4n) is 2.22. The number of carbonyl (C=O) groups is 1. The van der Waals surface area contributed by atoms with E-state index in [9.17, 15) is 4.79 Å². The third-order valence-electron chi connectivity index (χ3n) is 3.28. The molecule has 1 unspecified atom stereocenters. The molecule has 100 valence electrons. The standard InChI is InChI=1S/C14H16N2OS2/c17-13-12(7-3-4-8-15-13)19-14-16-11-6-2-1-5-10(11)9-18-14/h1-2,5-6,12H,3-4,7-9H2,(H,15,17). The van der Waals surface area contributed by atoms with E-state index in [1.54, 1.807) is 23.5 Å². The smallest absolute Gasteiger partial charge is 0.233 e. The van der Waals surface area contributed by atoms with E-state index in [4.69, 9.17) is 0 Å². The van der Waals surface area contributed by atoms with Crippen molar-refractivity contribution < 1.29 is 4.79 Å². The molecule has 1 aromatic rings. The van der Waals surface area contributed by atoms with E-state index in [1.165, 1.54) is 5.56 Å². The number of carbonyl (C=O) groups excluding carboxylic acids is 1. The number of nitrogens with zero attached hydrogens (tertiary/aromatic N) is 1. The second kappa shape index (κ2) is 6.01. The molecule has 0 aromatic heterocycles. The molecular weight excluding hydrogens is 276 g/mol. The fourth-order valence-corrected chi connectivity index (χ4v) is 4.57. The molecule has 1 N–H and O–H groups in total. The molecule has 0 radical (unpaired) electrons. The van der Waals surface area contributed by atoms with Gasteiger partial charge in [-0.15, -0.1) is 0 Å². The molecule has 0 saturated carbocycles. The van der Waals surface area contributed by atoms with Crippen molar-refractivity contribution >= 4 is 39.5 Å². The molecule has 5 heteroatoms. The molecule has 1 atom stereocenters. The van der Waals surface area contributed by atoms with Gasteiger partial charge in [-0.2, -0.15) is 0 Å². The first kappa shape index (κ1) is 13.1. The minimum atomic E-state index is 0.0269. The molecule has 2 heterocycles. The van der Waals surface area contributed by atoms with E-state index in [1.807, 2.05) is 18.2 Å². The Morgan fingerprint density at radius 3 is 3.16 bits per heavy atom. The average molecular weight is 292 g/mol. The van der Waals surface area contributed by atoms with Crippen LogP contribution in [0.15, 0.2) is 29.3 Å². The minimum Gasteiger partial charge on any atom is -0.355 e. The van der Waals surface area contributed by atoms with Gasteiger partial charge in [0.25, 0.3) is 0 Å². The van der Waals surface area contributed by atoms with Gasteiger partial charge in [0, 0.05) is 12.3 Å². The van der Waals surface area contributed by atoms with Crippen LogP contribution in [-0.2, 0) is 10.5 Å². The van der Waals surface area contributed by atoms with E-state index >= 15 is 0 Å². The Labute approximate surface area is 121 Å². The van der Waals surface area contributed by atoms with Gasteiger partial charge in [0.05, 0.1) is 10.9 Å². The maximum atomic E-state index is 11.9. The number of aliphatic imine (C=N–C) groups is 1. The van der Waals surface area contributed by atoms with E-state index in [2.05, 4.69) is 16.4 Å². The Bertz CT molecular complexity index is 516. The lowest BCUT2D eigenvalue weighted by atomic mass is 10.2. The zero-order valence-electron chi connectivity index (χ0n) is 10.6. The lowest BCUT2D eigenvalue weighted by Crippen LogP contribution is -2.31. The molecule has 2 aliphatic rings. The SMILES string of the molecule is O=C1NCCCCC1SC1=Nc2ccccc2CS1. The van der Waals surface area contributed by atoms with Crippen molar-refractivity contribution in [1.82, 2.24) is 5.32 Å². The predicted octanol–water partition coefficient (Wildman–Crippen LogP) is 3.32. The number of hydrogen-bond donors (Lipinski definition) is 1. The number of para-hydroxylation sites is 1. The van der Waals surface area contributed by atoms with Crippen LogP contribution in [0.2, 0.25) is 0 Å². The first-order valence-electron chi connectivity index (χ1n) is 6.57. The van der Waals surface area contributed by atoms with E-state index < -0.39 is 0 Å². The molecule has 2 aliphatic heterocycles. The van der Waals surface area contributed by atoms with Crippen molar-refractivity contribution in [3.05, 3.63) is 29.8 Å². The van der Waals surface area contributed by atoms with Crippen LogP contribution in [0.1, 0.15) is 24.8 Å². The molecule has 0 aliphatic carbocycles. The van der Waals surface area contributed by atoms with Crippen molar-refractivity contribution in [3.8, 4) is 0 Å². The van der Waals surface area contributed by atoms with Crippen LogP contribution in [0.3, 0.4) is 0 Å². The molecule has 19 heavy (non-hydrogen) atoms. The van der Waals surface area contributed by atoms with E-state index in [-0.39, 0.29) is 11.2 Å². The number of fused-ring (bicyclic) bond motifs is 1. The summed E-state index contributed by atoms with van der Waals surface area (Å²) in [5.74, 6) is 1.13. The van der Waals surface area contributed by atoms with Crippen LogP contribution in [-0.4, -0.2) is 22.1 Å². The molecular formula is C14H16N2OS2. The van der Waals surface area contributed by atoms with Gasteiger partial charge in [-0.05, 0) is 24.5 Å². The average Bonchev–Trinajstić information content (AvgIpc) is 2.64. The molecule has 1 aromatic carbocycles. The Balaban J connectivity index is 1.73. The third-order valence-corrected chi connectivity index (χ3v) is 5.75. The number of nitrogens with one attached hydrogen (secondary N) is 1. The summed E-state index contributed by atoms with van der Waals surface area (Å²) < 4.78 is 1.03. The number of rotatable bonds is 1. The predicted molar refractivity (Wildman–Crippen MR) is 83.1 cm³/mol. The molecule has 0 bridgehead atoms. The van der Waals surface area contributed by atoms with Gasteiger partial charge in [-0.1, -0.05) is 48.1 Å². The minimum absolute atomic E-state index is 0.0269. The Morgan fingerprint density at radius 1 is 1.32 bits per heavy atom. The number of benzene rings is 1. The monoisotopic (exact) mass is 292 g/mol. The summed E-state index contributed by atoms with van der Waals surface area (Å²) in [4.78, 5) is 16.6. The Hall–Kier alpha value is -0.940. The molecule has 0 spiro atoms. The Morgan fingerprint density at radius 2 is 2.21 bits per heavy atom. The zero-order chi connectivity index (χ0) is 13.1. The van der Waals surface area contributed by atoms with Crippen LogP contribution in [0.4, 0.5) is 5.69 Å². The van der Waals surface area contributed by atoms with Gasteiger partial charge in [-0.25, -0.2) is 4.99 Å². The molecule has 3 rings (SSSR count). The first-order chi connectivity index (χ1) is 9.33. The second-order valence-electron chi connectivity index (χ2n) is 4.69. The molecule has 3 nitrogen and oxygen atoms in total. The van der Waals surface area contributed by atoms with Gasteiger partial charge in [-0.3, -0.25) is 4.79 Å². The third kappa shape index (κ3) is 3.15. The van der Waals surface area contributed by atoms with Crippen molar-refractivity contribution in [1.29, 1.82) is 0 Å². The second-order valence-corrected chi connectivity index (χ2v) is 7.10. The topological polar surface area (TPSA) is 41.5 Å². The fraction of sp³-hybridized carbons (Fsp3) is 0.429. The van der Waals surface area contributed by atoms with Crippen LogP contribution < -0.4 is 5.32 Å². The summed E-state index contributed by atoms with van der Waals surface area (Å²) in [7, 11) is 0. The van der Waals surface area contributed by atoms with Crippen molar-refractivity contribution in [2.75, 3.05) is 6.54 Å². The van der Waals surface area contributed by atoms with Crippen molar-refractivity contribution in [3.63, 3.8) is 0 Å². The van der Waals surface area contributed by atoms with E-state index in [0.29, 0.717) is 0 Å². The van der Waals surface area contributed by atoms with E-state index in [0.717, 1.165) is 41.6 Å². The van der Waals surface area contributed by atoms with Crippen LogP contribution in [0, 0.1) is 0 Å². The first-order valence-corrected chi connectivity index (χ1v) is 8.43. The zero-order valence-corrected chi connectivity index (χ0v) is 12.2.